The summed E-state index contributed by atoms with van der Waals surface area (Å²) < 4.78 is 6.94. The zero-order valence-corrected chi connectivity index (χ0v) is 16.3. The molecule has 1 unspecified atom stereocenters. The lowest BCUT2D eigenvalue weighted by Gasteiger charge is -2.25. The minimum Gasteiger partial charge on any atom is -0.385 e. The summed E-state index contributed by atoms with van der Waals surface area (Å²) >= 11 is 5.33. The first kappa shape index (κ1) is 18.8. The minimum absolute atomic E-state index is 0.0325. The number of hydrogen-bond acceptors (Lipinski definition) is 4. The number of nitrogens with one attached hydrogen (secondary N) is 1. The maximum absolute atomic E-state index is 12.8. The third-order valence-corrected chi connectivity index (χ3v) is 5.52. The van der Waals surface area contributed by atoms with Crippen molar-refractivity contribution in [2.45, 2.75) is 38.8 Å². The molecule has 26 heavy (non-hydrogen) atoms. The molecule has 1 aliphatic carbocycles. The van der Waals surface area contributed by atoms with E-state index in [1.807, 2.05) is 7.05 Å². The molecule has 1 atom stereocenters. The summed E-state index contributed by atoms with van der Waals surface area (Å²) in [6.45, 7) is 3.15. The fraction of sp³-hybridized carbons (Fsp3) is 0.526. The normalized spacial score (nSPS) is 15.2. The summed E-state index contributed by atoms with van der Waals surface area (Å²) in [5.41, 5.74) is 1.02. The van der Waals surface area contributed by atoms with Crippen LogP contribution >= 0.6 is 12.2 Å². The first-order valence-electron chi connectivity index (χ1n) is 8.97. The highest BCUT2D eigenvalue weighted by atomic mass is 32.1. The summed E-state index contributed by atoms with van der Waals surface area (Å²) in [6, 6.07) is 5.38. The van der Waals surface area contributed by atoms with Gasteiger partial charge in [0.1, 0.15) is 0 Å². The van der Waals surface area contributed by atoms with Crippen LogP contribution < -0.4 is 5.56 Å². The fourth-order valence-electron chi connectivity index (χ4n) is 3.24. The molecule has 2 aromatic rings. The second-order valence-corrected chi connectivity index (χ2v) is 7.37. The van der Waals surface area contributed by atoms with Gasteiger partial charge in [0.05, 0.1) is 10.9 Å². The third kappa shape index (κ3) is 3.73. The lowest BCUT2D eigenvalue weighted by atomic mass is 10.1. The number of methoxy groups -OCH3 is 1. The van der Waals surface area contributed by atoms with Gasteiger partial charge in [0.15, 0.2) is 4.77 Å². The number of ether oxygens (including phenoxy) is 1. The summed E-state index contributed by atoms with van der Waals surface area (Å²) in [5, 5.41) is 0.533. The van der Waals surface area contributed by atoms with Crippen LogP contribution in [0.4, 0.5) is 0 Å². The Morgan fingerprint density at radius 2 is 2.19 bits per heavy atom. The SMILES string of the molecule is COCCCn1c(=S)[nH]c2cc(C(=O)N(C)C(C)C3CC3)ccc2c1=O. The van der Waals surface area contributed by atoms with Crippen molar-refractivity contribution in [3.63, 3.8) is 0 Å². The zero-order chi connectivity index (χ0) is 18.8. The summed E-state index contributed by atoms with van der Waals surface area (Å²) in [5.74, 6) is 0.574. The Morgan fingerprint density at radius 3 is 2.85 bits per heavy atom. The van der Waals surface area contributed by atoms with E-state index in [-0.39, 0.29) is 17.5 Å². The van der Waals surface area contributed by atoms with Gasteiger partial charge < -0.3 is 14.6 Å². The number of carbonyl (C=O) groups excluding carboxylic acids is 1. The molecule has 1 heterocycles. The molecule has 0 spiro atoms. The molecule has 140 valence electrons. The Bertz CT molecular complexity index is 930. The largest absolute Gasteiger partial charge is 0.385 e. The molecule has 0 radical (unpaired) electrons. The molecule has 1 saturated carbocycles. The monoisotopic (exact) mass is 375 g/mol. The van der Waals surface area contributed by atoms with Crippen molar-refractivity contribution in [3.05, 3.63) is 38.9 Å². The predicted octanol–water partition coefficient (Wildman–Crippen LogP) is 2.97. The number of amides is 1. The summed E-state index contributed by atoms with van der Waals surface area (Å²) in [4.78, 5) is 30.3. The highest BCUT2D eigenvalue weighted by Gasteiger charge is 2.32. The molecule has 0 aliphatic heterocycles. The van der Waals surface area contributed by atoms with E-state index in [0.717, 1.165) is 0 Å². The molecule has 6 nitrogen and oxygen atoms in total. The molecule has 0 saturated heterocycles. The van der Waals surface area contributed by atoms with Crippen molar-refractivity contribution < 1.29 is 9.53 Å². The number of aromatic amines is 1. The number of aromatic nitrogens is 2. The van der Waals surface area contributed by atoms with Crippen molar-refractivity contribution in [2.75, 3.05) is 20.8 Å². The van der Waals surface area contributed by atoms with Crippen molar-refractivity contribution in [1.29, 1.82) is 0 Å². The molecule has 7 heteroatoms. The minimum atomic E-state index is -0.140. The van der Waals surface area contributed by atoms with E-state index in [1.165, 1.54) is 12.8 Å². The number of H-pyrrole nitrogens is 1. The summed E-state index contributed by atoms with van der Waals surface area (Å²) in [7, 11) is 3.47. The van der Waals surface area contributed by atoms with Crippen LogP contribution in [0.5, 0.6) is 0 Å². The first-order chi connectivity index (χ1) is 12.4. The van der Waals surface area contributed by atoms with E-state index in [0.29, 0.717) is 46.7 Å². The Balaban J connectivity index is 1.91. The van der Waals surface area contributed by atoms with E-state index in [4.69, 9.17) is 17.0 Å². The first-order valence-corrected chi connectivity index (χ1v) is 9.38. The van der Waals surface area contributed by atoms with Gasteiger partial charge in [-0.3, -0.25) is 14.2 Å². The van der Waals surface area contributed by atoms with Gasteiger partial charge >= 0.3 is 0 Å². The van der Waals surface area contributed by atoms with Crippen molar-refractivity contribution in [3.8, 4) is 0 Å². The predicted molar refractivity (Wildman–Crippen MR) is 104 cm³/mol. The number of hydrogen-bond donors (Lipinski definition) is 1. The smallest absolute Gasteiger partial charge is 0.262 e. The standard InChI is InChI=1S/C19H25N3O3S/c1-12(13-5-6-13)21(2)17(23)14-7-8-15-16(11-14)20-19(26)22(18(15)24)9-4-10-25-3/h7-8,11-13H,4-6,9-10H2,1-3H3,(H,20,26). The quantitative estimate of drug-likeness (QED) is 0.597. The van der Waals surface area contributed by atoms with Gasteiger partial charge in [-0.05, 0) is 62.5 Å². The van der Waals surface area contributed by atoms with Gasteiger partial charge in [-0.25, -0.2) is 0 Å². The van der Waals surface area contributed by atoms with Gasteiger partial charge in [0.25, 0.3) is 11.5 Å². The molecule has 1 N–H and O–H groups in total. The number of carbonyl (C=O) groups is 1. The van der Waals surface area contributed by atoms with Crippen molar-refractivity contribution >= 4 is 29.0 Å². The Kier molecular flexibility index (Phi) is 5.58. The topological polar surface area (TPSA) is 67.3 Å². The molecule has 1 aliphatic rings. The second kappa shape index (κ2) is 7.72. The van der Waals surface area contributed by atoms with Crippen LogP contribution in [0.15, 0.2) is 23.0 Å². The third-order valence-electron chi connectivity index (χ3n) is 5.19. The number of nitrogens with zero attached hydrogens (tertiary/aromatic N) is 2. The maximum atomic E-state index is 12.8. The molecule has 1 fully saturated rings. The molecule has 1 aromatic heterocycles. The highest BCUT2D eigenvalue weighted by molar-refractivity contribution is 7.71. The molecular formula is C19H25N3O3S. The van der Waals surface area contributed by atoms with Crippen LogP contribution in [0, 0.1) is 10.7 Å². The number of benzene rings is 1. The lowest BCUT2D eigenvalue weighted by molar-refractivity contribution is 0.0727. The van der Waals surface area contributed by atoms with Gasteiger partial charge in [-0.1, -0.05) is 0 Å². The molecule has 1 amide bonds. The Labute approximate surface area is 157 Å². The van der Waals surface area contributed by atoms with Crippen LogP contribution in [0.2, 0.25) is 0 Å². The fourth-order valence-corrected chi connectivity index (χ4v) is 3.53. The Hall–Kier alpha value is -1.99. The maximum Gasteiger partial charge on any atom is 0.262 e. The van der Waals surface area contributed by atoms with E-state index in [1.54, 1.807) is 34.8 Å². The summed E-state index contributed by atoms with van der Waals surface area (Å²) in [6.07, 6.45) is 3.08. The van der Waals surface area contributed by atoms with Crippen molar-refractivity contribution in [1.82, 2.24) is 14.5 Å². The van der Waals surface area contributed by atoms with Crippen LogP contribution in [-0.4, -0.2) is 47.2 Å². The van der Waals surface area contributed by atoms with E-state index < -0.39 is 0 Å². The van der Waals surface area contributed by atoms with Gasteiger partial charge in [-0.15, -0.1) is 0 Å². The zero-order valence-electron chi connectivity index (χ0n) is 15.4. The van der Waals surface area contributed by atoms with E-state index >= 15 is 0 Å². The number of fused-ring (bicyclic) bond motifs is 1. The molecule has 0 bridgehead atoms. The average Bonchev–Trinajstić information content (AvgIpc) is 3.47. The molecule has 3 rings (SSSR count). The van der Waals surface area contributed by atoms with E-state index in [2.05, 4.69) is 11.9 Å². The van der Waals surface area contributed by atoms with E-state index in [9.17, 15) is 9.59 Å². The van der Waals surface area contributed by atoms with Crippen LogP contribution in [0.25, 0.3) is 10.9 Å². The van der Waals surface area contributed by atoms with Gasteiger partial charge in [-0.2, -0.15) is 0 Å². The second-order valence-electron chi connectivity index (χ2n) is 6.99. The van der Waals surface area contributed by atoms with Crippen molar-refractivity contribution in [2.24, 2.45) is 5.92 Å². The number of rotatable bonds is 7. The average molecular weight is 375 g/mol. The van der Waals surface area contributed by atoms with Crippen LogP contribution in [0.1, 0.15) is 36.5 Å². The molecule has 1 aromatic carbocycles. The lowest BCUT2D eigenvalue weighted by Crippen LogP contribution is -2.36. The Morgan fingerprint density at radius 1 is 1.46 bits per heavy atom. The van der Waals surface area contributed by atoms with Gasteiger partial charge in [0.2, 0.25) is 0 Å². The molecular weight excluding hydrogens is 350 g/mol. The van der Waals surface area contributed by atoms with Crippen LogP contribution in [-0.2, 0) is 11.3 Å². The highest BCUT2D eigenvalue weighted by Crippen LogP contribution is 2.35. The van der Waals surface area contributed by atoms with Crippen LogP contribution in [0.3, 0.4) is 0 Å². The van der Waals surface area contributed by atoms with Gasteiger partial charge in [0, 0.05) is 38.9 Å².